The minimum absolute atomic E-state index is 0.0844. The maximum absolute atomic E-state index is 14.1. The van der Waals surface area contributed by atoms with E-state index in [-0.39, 0.29) is 22.2 Å². The molecule has 2 aliphatic rings. The molecule has 47 heavy (non-hydrogen) atoms. The van der Waals surface area contributed by atoms with Gasteiger partial charge in [0.2, 0.25) is 0 Å². The van der Waals surface area contributed by atoms with Gasteiger partial charge in [0.15, 0.2) is 16.9 Å². The van der Waals surface area contributed by atoms with Gasteiger partial charge in [-0.1, -0.05) is 65.8 Å². The highest BCUT2D eigenvalue weighted by atomic mass is 32.2. The van der Waals surface area contributed by atoms with Gasteiger partial charge < -0.3 is 20.6 Å². The van der Waals surface area contributed by atoms with Crippen LogP contribution in [-0.4, -0.2) is 66.7 Å². The first kappa shape index (κ1) is 32.0. The van der Waals surface area contributed by atoms with Crippen LogP contribution in [0.5, 0.6) is 0 Å². The van der Waals surface area contributed by atoms with Gasteiger partial charge >= 0.3 is 11.9 Å². The van der Waals surface area contributed by atoms with E-state index >= 15 is 0 Å². The molecule has 2 aliphatic heterocycles. The minimum Gasteiger partial charge on any atom is -0.448 e. The van der Waals surface area contributed by atoms with Crippen molar-refractivity contribution in [3.8, 4) is 0 Å². The number of nitrogen functional groups attached to an aromatic ring is 1. The van der Waals surface area contributed by atoms with Crippen molar-refractivity contribution in [1.29, 1.82) is 0 Å². The highest BCUT2D eigenvalue weighted by molar-refractivity contribution is 8.05. The van der Waals surface area contributed by atoms with Crippen LogP contribution in [0.1, 0.15) is 35.4 Å². The lowest BCUT2D eigenvalue weighted by Crippen LogP contribution is -2.71. The van der Waals surface area contributed by atoms with Crippen molar-refractivity contribution in [1.82, 2.24) is 25.4 Å². The first-order chi connectivity index (χ1) is 22.8. The Hall–Kier alpha value is -4.93. The quantitative estimate of drug-likeness (QED) is 0.0688. The molecule has 2 aromatic heterocycles. The molecule has 0 spiro atoms. The number of rotatable bonds is 11. The van der Waals surface area contributed by atoms with Gasteiger partial charge in [-0.2, -0.15) is 5.10 Å². The number of H-pyrrole nitrogens is 1. The zero-order chi connectivity index (χ0) is 32.9. The number of β-lactam (4-membered cyclic amide) rings is 1. The summed E-state index contributed by atoms with van der Waals surface area (Å²) in [4.78, 5) is 63.5. The Morgan fingerprint density at radius 2 is 1.85 bits per heavy atom. The molecule has 0 unspecified atom stereocenters. The summed E-state index contributed by atoms with van der Waals surface area (Å²) >= 11 is 3.88. The van der Waals surface area contributed by atoms with Crippen molar-refractivity contribution in [3.63, 3.8) is 0 Å². The molecule has 4 aromatic rings. The fraction of sp³-hybridized carbons (Fsp3) is 0.194. The summed E-state index contributed by atoms with van der Waals surface area (Å²) in [6.07, 6.45) is 2.72. The average molecular weight is 690 g/mol. The van der Waals surface area contributed by atoms with Crippen LogP contribution >= 0.6 is 34.9 Å². The van der Waals surface area contributed by atoms with Crippen LogP contribution in [0.25, 0.3) is 0 Å². The fourth-order valence-electron chi connectivity index (χ4n) is 4.89. The Morgan fingerprint density at radius 3 is 2.45 bits per heavy atom. The van der Waals surface area contributed by atoms with Gasteiger partial charge in [-0.15, -0.1) is 34.9 Å². The monoisotopic (exact) mass is 689 g/mol. The lowest BCUT2D eigenvalue weighted by atomic mass is 10.0. The summed E-state index contributed by atoms with van der Waals surface area (Å²) < 4.78 is 6.19. The third-order valence-corrected chi connectivity index (χ3v) is 10.4. The predicted octanol–water partition coefficient (Wildman–Crippen LogP) is 3.59. The molecule has 16 heteroatoms. The van der Waals surface area contributed by atoms with E-state index in [9.17, 15) is 19.2 Å². The number of nitrogens with one attached hydrogen (secondary N) is 2. The van der Waals surface area contributed by atoms with E-state index in [4.69, 9.17) is 15.3 Å². The molecule has 4 N–H and O–H groups in total. The number of ether oxygens (including phenoxy) is 1. The van der Waals surface area contributed by atoms with Crippen LogP contribution in [0.15, 0.2) is 94.2 Å². The summed E-state index contributed by atoms with van der Waals surface area (Å²) in [5.74, 6) is -1.84. The maximum Gasteiger partial charge on any atom is 0.356 e. The van der Waals surface area contributed by atoms with Crippen molar-refractivity contribution in [2.24, 2.45) is 5.16 Å². The number of thiazole rings is 1. The Bertz CT molecular complexity index is 1810. The normalized spacial score (nSPS) is 17.6. The second kappa shape index (κ2) is 14.2. The van der Waals surface area contributed by atoms with Gasteiger partial charge in [-0.25, -0.2) is 14.6 Å². The number of anilines is 1. The number of aromatic nitrogens is 3. The predicted molar refractivity (Wildman–Crippen MR) is 178 cm³/mol. The average Bonchev–Trinajstić information content (AvgIpc) is 3.77. The molecule has 4 heterocycles. The molecule has 0 saturated carbocycles. The number of hydrogen-bond donors (Lipinski definition) is 3. The maximum atomic E-state index is 14.1. The number of benzene rings is 2. The topological polar surface area (TPSA) is 182 Å². The van der Waals surface area contributed by atoms with Gasteiger partial charge in [-0.3, -0.25) is 19.6 Å². The van der Waals surface area contributed by atoms with E-state index in [0.717, 1.165) is 35.0 Å². The van der Waals surface area contributed by atoms with Gasteiger partial charge in [0.25, 0.3) is 11.8 Å². The van der Waals surface area contributed by atoms with E-state index in [1.54, 1.807) is 12.4 Å². The second-order valence-electron chi connectivity index (χ2n) is 10.2. The van der Waals surface area contributed by atoms with E-state index in [0.29, 0.717) is 16.4 Å². The summed E-state index contributed by atoms with van der Waals surface area (Å²) in [6.45, 7) is 1.13. The first-order valence-electron chi connectivity index (χ1n) is 14.2. The first-order valence-corrected chi connectivity index (χ1v) is 17.1. The van der Waals surface area contributed by atoms with Gasteiger partial charge in [0, 0.05) is 40.5 Å². The molecule has 0 radical (unpaired) electrons. The largest absolute Gasteiger partial charge is 0.448 e. The standard InChI is InChI=1S/C31H27N7O6S3/c1-17(39)44-37-23(21-15-47-31(32)35-21)27(40)36-24-28(41)38-25(22(16-46-29(24)38)45-14-18-12-33-34-13-18)30(42)43-26(19-8-4-2-5-9-19)20-10-6-3-7-11-20/h2-13,15,24,26,29H,14,16H2,1H3,(H2,32,35)(H,33,34)(H,36,40)/b37-23-/t24-,29+/m1/s1. The minimum atomic E-state index is -1.01. The number of nitrogens with zero attached hydrogens (tertiary/aromatic N) is 4. The Labute approximate surface area is 281 Å². The number of esters is 1. The van der Waals surface area contributed by atoms with Gasteiger partial charge in [0.1, 0.15) is 22.8 Å². The third-order valence-electron chi connectivity index (χ3n) is 7.06. The highest BCUT2D eigenvalue weighted by Gasteiger charge is 2.55. The molecule has 2 aromatic carbocycles. The number of amides is 2. The molecular weight excluding hydrogens is 663 g/mol. The Morgan fingerprint density at radius 1 is 1.15 bits per heavy atom. The number of carbonyl (C=O) groups excluding carboxylic acids is 4. The van der Waals surface area contributed by atoms with Crippen LogP contribution in [0.2, 0.25) is 0 Å². The van der Waals surface area contributed by atoms with Gasteiger partial charge in [-0.05, 0) is 11.1 Å². The molecule has 6 rings (SSSR count). The molecule has 2 amide bonds. The van der Waals surface area contributed by atoms with Crippen LogP contribution in [-0.2, 0) is 34.5 Å². The molecule has 1 fully saturated rings. The molecular formula is C31H27N7O6S3. The lowest BCUT2D eigenvalue weighted by Gasteiger charge is -2.49. The SMILES string of the molecule is CC(=O)O/N=C(\C(=O)N[C@@H]1C(=O)N2C(C(=O)OC(c3ccccc3)c3ccccc3)=C(SCc3cn[nH]c3)CS[C@@H]12)c1csc(N)n1. The van der Waals surface area contributed by atoms with Crippen molar-refractivity contribution < 1.29 is 28.8 Å². The van der Waals surface area contributed by atoms with Crippen LogP contribution in [0.3, 0.4) is 0 Å². The fourth-order valence-corrected chi connectivity index (χ4v) is 7.98. The Kier molecular flexibility index (Phi) is 9.70. The van der Waals surface area contributed by atoms with E-state index in [2.05, 4.69) is 25.7 Å². The van der Waals surface area contributed by atoms with Crippen LogP contribution in [0, 0.1) is 0 Å². The molecule has 2 atom stereocenters. The lowest BCUT2D eigenvalue weighted by molar-refractivity contribution is -0.154. The van der Waals surface area contributed by atoms with Crippen LogP contribution < -0.4 is 11.1 Å². The van der Waals surface area contributed by atoms with E-state index < -0.39 is 41.3 Å². The summed E-state index contributed by atoms with van der Waals surface area (Å²) in [7, 11) is 0. The number of aromatic amines is 1. The third kappa shape index (κ3) is 7.08. The smallest absolute Gasteiger partial charge is 0.356 e. The van der Waals surface area contributed by atoms with Crippen molar-refractivity contribution in [2.45, 2.75) is 30.2 Å². The second-order valence-corrected chi connectivity index (χ2v) is 13.3. The summed E-state index contributed by atoms with van der Waals surface area (Å²) in [6, 6.07) is 17.7. The number of hydrogen-bond acceptors (Lipinski definition) is 13. The summed E-state index contributed by atoms with van der Waals surface area (Å²) in [5, 5.41) is 14.1. The number of carbonyl (C=O) groups is 4. The number of nitrogens with two attached hydrogens (primary N) is 1. The zero-order valence-electron chi connectivity index (χ0n) is 24.7. The summed E-state index contributed by atoms with van der Waals surface area (Å²) in [5.41, 5.74) is 8.07. The Balaban J connectivity index is 1.28. The zero-order valence-corrected chi connectivity index (χ0v) is 27.1. The molecule has 0 bridgehead atoms. The molecule has 1 saturated heterocycles. The molecule has 0 aliphatic carbocycles. The van der Waals surface area contributed by atoms with Crippen molar-refractivity contribution >= 4 is 69.5 Å². The number of fused-ring (bicyclic) bond motifs is 1. The number of oxime groups is 1. The molecule has 13 nitrogen and oxygen atoms in total. The van der Waals surface area contributed by atoms with E-state index in [1.807, 2.05) is 60.7 Å². The highest BCUT2D eigenvalue weighted by Crippen LogP contribution is 2.45. The van der Waals surface area contributed by atoms with Crippen molar-refractivity contribution in [2.75, 3.05) is 11.5 Å². The van der Waals surface area contributed by atoms with Crippen molar-refractivity contribution in [3.05, 3.63) is 111 Å². The van der Waals surface area contributed by atoms with E-state index in [1.165, 1.54) is 33.8 Å². The van der Waals surface area contributed by atoms with Gasteiger partial charge in [0.05, 0.1) is 6.20 Å². The molecule has 240 valence electrons. The van der Waals surface area contributed by atoms with Crippen LogP contribution in [0.4, 0.5) is 5.13 Å². The number of thioether (sulfide) groups is 2.